The molecule has 1 heterocycles. The number of hydrogen-bond acceptors (Lipinski definition) is 3. The van der Waals surface area contributed by atoms with E-state index < -0.39 is 0 Å². The Bertz CT molecular complexity index is 544. The van der Waals surface area contributed by atoms with Crippen LogP contribution in [0, 0.1) is 0 Å². The summed E-state index contributed by atoms with van der Waals surface area (Å²) in [6, 6.07) is 5.68. The molecule has 0 aliphatic rings. The van der Waals surface area contributed by atoms with Crippen molar-refractivity contribution in [2.24, 2.45) is 0 Å². The highest BCUT2D eigenvalue weighted by atomic mass is 79.9. The molecule has 0 bridgehead atoms. The minimum Gasteiger partial charge on any atom is -0.385 e. The van der Waals surface area contributed by atoms with Crippen molar-refractivity contribution in [2.75, 3.05) is 25.6 Å². The van der Waals surface area contributed by atoms with Crippen LogP contribution in [0.1, 0.15) is 6.42 Å². The van der Waals surface area contributed by atoms with Gasteiger partial charge in [0.1, 0.15) is 0 Å². The van der Waals surface area contributed by atoms with Crippen LogP contribution in [0.2, 0.25) is 5.02 Å². The number of halogens is 2. The molecule has 0 aliphatic carbocycles. The molecule has 4 nitrogen and oxygen atoms in total. The van der Waals surface area contributed by atoms with Gasteiger partial charge in [0.25, 0.3) is 0 Å². The third-order valence-corrected chi connectivity index (χ3v) is 3.49. The van der Waals surface area contributed by atoms with E-state index in [2.05, 4.69) is 26.2 Å². The van der Waals surface area contributed by atoms with Gasteiger partial charge in [-0.15, -0.1) is 0 Å². The van der Waals surface area contributed by atoms with Gasteiger partial charge in [0.15, 0.2) is 0 Å². The molecule has 2 aromatic rings. The average molecular weight is 345 g/mol. The Balaban J connectivity index is 2.14. The fraction of sp³-hybridized carbons (Fsp3) is 0.308. The summed E-state index contributed by atoms with van der Waals surface area (Å²) in [6.45, 7) is 1.55. The molecule has 19 heavy (non-hydrogen) atoms. The molecular formula is C13H15BrClN3O. The first-order chi connectivity index (χ1) is 9.22. The van der Waals surface area contributed by atoms with Gasteiger partial charge in [-0.1, -0.05) is 11.6 Å². The Kier molecular flexibility index (Phi) is 5.24. The maximum absolute atomic E-state index is 5.95. The first-order valence-electron chi connectivity index (χ1n) is 5.94. The molecule has 0 radical (unpaired) electrons. The quantitative estimate of drug-likeness (QED) is 0.812. The number of rotatable bonds is 6. The first kappa shape index (κ1) is 14.4. The maximum atomic E-state index is 5.95. The van der Waals surface area contributed by atoms with Gasteiger partial charge in [-0.3, -0.25) is 4.57 Å². The number of imidazole rings is 1. The van der Waals surface area contributed by atoms with Crippen molar-refractivity contribution >= 4 is 33.5 Å². The Hall–Kier alpha value is -1.04. The SMILES string of the molecule is COCCCNc1nccn1-c1ccc(Cl)cc1Br. The molecular weight excluding hydrogens is 330 g/mol. The van der Waals surface area contributed by atoms with Crippen LogP contribution in [0.4, 0.5) is 5.95 Å². The van der Waals surface area contributed by atoms with Crippen molar-refractivity contribution in [3.05, 3.63) is 40.1 Å². The lowest BCUT2D eigenvalue weighted by Gasteiger charge is -2.11. The summed E-state index contributed by atoms with van der Waals surface area (Å²) in [6.07, 6.45) is 4.61. The number of hydrogen-bond donors (Lipinski definition) is 1. The van der Waals surface area contributed by atoms with E-state index in [1.54, 1.807) is 13.3 Å². The molecule has 1 aromatic carbocycles. The minimum absolute atomic E-state index is 0.699. The van der Waals surface area contributed by atoms with E-state index in [0.717, 1.165) is 35.7 Å². The Labute approximate surface area is 125 Å². The lowest BCUT2D eigenvalue weighted by Crippen LogP contribution is -2.09. The number of nitrogens with zero attached hydrogens (tertiary/aromatic N) is 2. The van der Waals surface area contributed by atoms with Crippen molar-refractivity contribution in [3.63, 3.8) is 0 Å². The number of methoxy groups -OCH3 is 1. The summed E-state index contributed by atoms with van der Waals surface area (Å²) in [4.78, 5) is 4.31. The zero-order valence-electron chi connectivity index (χ0n) is 10.6. The van der Waals surface area contributed by atoms with Crippen molar-refractivity contribution in [3.8, 4) is 5.69 Å². The smallest absolute Gasteiger partial charge is 0.207 e. The summed E-state index contributed by atoms with van der Waals surface area (Å²) in [5, 5.41) is 3.99. The van der Waals surface area contributed by atoms with Crippen LogP contribution in [0.5, 0.6) is 0 Å². The predicted octanol–water partition coefficient (Wildman–Crippen LogP) is 3.74. The largest absolute Gasteiger partial charge is 0.385 e. The number of ether oxygens (including phenoxy) is 1. The molecule has 0 saturated heterocycles. The highest BCUT2D eigenvalue weighted by Gasteiger charge is 2.08. The third-order valence-electron chi connectivity index (χ3n) is 2.62. The number of anilines is 1. The van der Waals surface area contributed by atoms with Crippen LogP contribution >= 0.6 is 27.5 Å². The fourth-order valence-corrected chi connectivity index (χ4v) is 2.60. The van der Waals surface area contributed by atoms with Gasteiger partial charge < -0.3 is 10.1 Å². The molecule has 1 aromatic heterocycles. The zero-order valence-corrected chi connectivity index (χ0v) is 12.9. The Morgan fingerprint density at radius 2 is 2.32 bits per heavy atom. The highest BCUT2D eigenvalue weighted by Crippen LogP contribution is 2.26. The second kappa shape index (κ2) is 6.93. The average Bonchev–Trinajstić information content (AvgIpc) is 2.83. The van der Waals surface area contributed by atoms with E-state index in [1.165, 1.54) is 0 Å². The zero-order chi connectivity index (χ0) is 13.7. The van der Waals surface area contributed by atoms with Gasteiger partial charge in [-0.25, -0.2) is 4.98 Å². The molecule has 0 unspecified atom stereocenters. The first-order valence-corrected chi connectivity index (χ1v) is 7.11. The minimum atomic E-state index is 0.699. The summed E-state index contributed by atoms with van der Waals surface area (Å²) in [5.41, 5.74) is 0.996. The normalized spacial score (nSPS) is 10.7. The van der Waals surface area contributed by atoms with E-state index in [-0.39, 0.29) is 0 Å². The van der Waals surface area contributed by atoms with Crippen LogP contribution in [-0.4, -0.2) is 29.8 Å². The van der Waals surface area contributed by atoms with Crippen LogP contribution in [0.3, 0.4) is 0 Å². The predicted molar refractivity (Wildman–Crippen MR) is 81.3 cm³/mol. The van der Waals surface area contributed by atoms with E-state index in [9.17, 15) is 0 Å². The lowest BCUT2D eigenvalue weighted by molar-refractivity contribution is 0.197. The summed E-state index contributed by atoms with van der Waals surface area (Å²) in [5.74, 6) is 0.805. The topological polar surface area (TPSA) is 39.1 Å². The van der Waals surface area contributed by atoms with E-state index in [1.807, 2.05) is 29.0 Å². The van der Waals surface area contributed by atoms with Gasteiger partial charge in [0, 0.05) is 42.2 Å². The molecule has 0 saturated carbocycles. The van der Waals surface area contributed by atoms with Crippen LogP contribution in [0.25, 0.3) is 5.69 Å². The monoisotopic (exact) mass is 343 g/mol. The second-order valence-electron chi connectivity index (χ2n) is 3.99. The van der Waals surface area contributed by atoms with Gasteiger partial charge in [0.2, 0.25) is 5.95 Å². The molecule has 2 rings (SSSR count). The fourth-order valence-electron chi connectivity index (χ4n) is 1.72. The molecule has 0 atom stereocenters. The molecule has 1 N–H and O–H groups in total. The number of benzene rings is 1. The number of aromatic nitrogens is 2. The molecule has 0 amide bonds. The molecule has 0 aliphatic heterocycles. The molecule has 6 heteroatoms. The van der Waals surface area contributed by atoms with Gasteiger partial charge in [0.05, 0.1) is 5.69 Å². The summed E-state index contributed by atoms with van der Waals surface area (Å²) >= 11 is 9.47. The number of nitrogens with one attached hydrogen (secondary N) is 1. The van der Waals surface area contributed by atoms with Crippen LogP contribution < -0.4 is 5.32 Å². The van der Waals surface area contributed by atoms with Gasteiger partial charge >= 0.3 is 0 Å². The second-order valence-corrected chi connectivity index (χ2v) is 5.28. The molecule has 102 valence electrons. The van der Waals surface area contributed by atoms with E-state index in [4.69, 9.17) is 16.3 Å². The van der Waals surface area contributed by atoms with Gasteiger partial charge in [-0.05, 0) is 40.5 Å². The van der Waals surface area contributed by atoms with E-state index in [0.29, 0.717) is 5.02 Å². The van der Waals surface area contributed by atoms with Crippen molar-refractivity contribution in [1.82, 2.24) is 9.55 Å². The van der Waals surface area contributed by atoms with E-state index >= 15 is 0 Å². The maximum Gasteiger partial charge on any atom is 0.207 e. The third kappa shape index (κ3) is 3.72. The summed E-state index contributed by atoms with van der Waals surface area (Å²) < 4.78 is 7.93. The van der Waals surface area contributed by atoms with Crippen LogP contribution in [-0.2, 0) is 4.74 Å². The van der Waals surface area contributed by atoms with Crippen LogP contribution in [0.15, 0.2) is 35.1 Å². The molecule has 0 spiro atoms. The molecule has 0 fully saturated rings. The van der Waals surface area contributed by atoms with Crippen molar-refractivity contribution in [1.29, 1.82) is 0 Å². The van der Waals surface area contributed by atoms with Crippen molar-refractivity contribution < 1.29 is 4.74 Å². The Morgan fingerprint density at radius 3 is 3.05 bits per heavy atom. The Morgan fingerprint density at radius 1 is 1.47 bits per heavy atom. The lowest BCUT2D eigenvalue weighted by atomic mass is 10.3. The van der Waals surface area contributed by atoms with Crippen molar-refractivity contribution in [2.45, 2.75) is 6.42 Å². The standard InChI is InChI=1S/C13H15BrClN3O/c1-19-8-2-5-16-13-17-6-7-18(13)12-4-3-10(15)9-11(12)14/h3-4,6-7,9H,2,5,8H2,1H3,(H,16,17). The summed E-state index contributed by atoms with van der Waals surface area (Å²) in [7, 11) is 1.70. The van der Waals surface area contributed by atoms with Gasteiger partial charge in [-0.2, -0.15) is 0 Å². The highest BCUT2D eigenvalue weighted by molar-refractivity contribution is 9.10.